The van der Waals surface area contributed by atoms with E-state index in [2.05, 4.69) is 27.2 Å². The van der Waals surface area contributed by atoms with Crippen LogP contribution in [0, 0.1) is 0 Å². The van der Waals surface area contributed by atoms with Crippen LogP contribution in [0.15, 0.2) is 24.4 Å². The lowest BCUT2D eigenvalue weighted by atomic mass is 10.2. The molecule has 0 saturated heterocycles. The maximum absolute atomic E-state index is 6.12. The molecule has 0 saturated carbocycles. The minimum Gasteiger partial charge on any atom is -0.373 e. The van der Waals surface area contributed by atoms with Gasteiger partial charge in [-0.1, -0.05) is 24.9 Å². The lowest BCUT2D eigenvalue weighted by Gasteiger charge is -2.07. The van der Waals surface area contributed by atoms with Crippen LogP contribution in [0.5, 0.6) is 0 Å². The van der Waals surface area contributed by atoms with Gasteiger partial charge in [0.15, 0.2) is 5.82 Å². The first kappa shape index (κ1) is 12.8. The summed E-state index contributed by atoms with van der Waals surface area (Å²) in [5.74, 6) is 1.35. The van der Waals surface area contributed by atoms with Gasteiger partial charge in [0.2, 0.25) is 0 Å². The van der Waals surface area contributed by atoms with Gasteiger partial charge in [-0.3, -0.25) is 4.98 Å². The maximum Gasteiger partial charge on any atom is 0.181 e. The van der Waals surface area contributed by atoms with E-state index in [1.165, 1.54) is 0 Å². The molecule has 1 N–H and O–H groups in total. The molecule has 0 aliphatic rings. The van der Waals surface area contributed by atoms with E-state index < -0.39 is 0 Å². The van der Waals surface area contributed by atoms with Crippen LogP contribution in [0.4, 0.5) is 5.82 Å². The number of hydrogen-bond acceptors (Lipinski definition) is 4. The number of pyridine rings is 1. The van der Waals surface area contributed by atoms with E-state index in [0.29, 0.717) is 16.5 Å². The number of rotatable bonds is 4. The highest BCUT2D eigenvalue weighted by Crippen LogP contribution is 2.23. The molecule has 2 rings (SSSR count). The zero-order valence-corrected chi connectivity index (χ0v) is 11.2. The van der Waals surface area contributed by atoms with E-state index in [1.807, 2.05) is 13.1 Å². The lowest BCUT2D eigenvalue weighted by molar-refractivity contribution is 0.874. The summed E-state index contributed by atoms with van der Waals surface area (Å²) >= 11 is 6.12. The quantitative estimate of drug-likeness (QED) is 0.919. The van der Waals surface area contributed by atoms with Gasteiger partial charge in [0, 0.05) is 25.0 Å². The highest BCUT2D eigenvalue weighted by molar-refractivity contribution is 6.32. The number of aryl methyl sites for hydroxylation is 1. The van der Waals surface area contributed by atoms with Crippen LogP contribution < -0.4 is 5.32 Å². The summed E-state index contributed by atoms with van der Waals surface area (Å²) < 4.78 is 0. The number of halogens is 1. The Morgan fingerprint density at radius 3 is 2.83 bits per heavy atom. The maximum atomic E-state index is 6.12. The van der Waals surface area contributed by atoms with Gasteiger partial charge in [-0.15, -0.1) is 0 Å². The molecule has 0 spiro atoms. The monoisotopic (exact) mass is 262 g/mol. The Labute approximate surface area is 111 Å². The van der Waals surface area contributed by atoms with Gasteiger partial charge in [-0.2, -0.15) is 0 Å². The summed E-state index contributed by atoms with van der Waals surface area (Å²) in [6.07, 6.45) is 3.64. The molecule has 0 unspecified atom stereocenters. The Bertz CT molecular complexity index is 542. The van der Waals surface area contributed by atoms with Crippen molar-refractivity contribution < 1.29 is 0 Å². The van der Waals surface area contributed by atoms with Crippen LogP contribution in [-0.2, 0) is 6.42 Å². The van der Waals surface area contributed by atoms with Crippen molar-refractivity contribution in [1.29, 1.82) is 0 Å². The second-order valence-corrected chi connectivity index (χ2v) is 4.31. The fourth-order valence-electron chi connectivity index (χ4n) is 1.67. The fourth-order valence-corrected chi connectivity index (χ4v) is 1.87. The third-order valence-corrected chi connectivity index (χ3v) is 2.82. The summed E-state index contributed by atoms with van der Waals surface area (Å²) in [6, 6.07) is 5.53. The zero-order chi connectivity index (χ0) is 13.0. The minimum atomic E-state index is 0.563. The predicted molar refractivity (Wildman–Crippen MR) is 73.8 cm³/mol. The standard InChI is InChI=1S/C13H15ClN4/c1-3-5-9-8-11(15-2)18-13(17-9)12-10(14)6-4-7-16-12/h4,6-8H,3,5H2,1-2H3,(H,15,17,18). The Hall–Kier alpha value is -1.68. The first-order chi connectivity index (χ1) is 8.74. The van der Waals surface area contributed by atoms with Gasteiger partial charge in [0.1, 0.15) is 11.5 Å². The van der Waals surface area contributed by atoms with Crippen molar-refractivity contribution in [3.05, 3.63) is 35.1 Å². The SMILES string of the molecule is CCCc1cc(NC)nc(-c2ncccc2Cl)n1. The van der Waals surface area contributed by atoms with Crippen LogP contribution in [-0.4, -0.2) is 22.0 Å². The molecular formula is C13H15ClN4. The summed E-state index contributed by atoms with van der Waals surface area (Å²) in [5.41, 5.74) is 1.61. The van der Waals surface area contributed by atoms with Crippen molar-refractivity contribution >= 4 is 17.4 Å². The summed E-state index contributed by atoms with van der Waals surface area (Å²) in [5, 5.41) is 3.60. The summed E-state index contributed by atoms with van der Waals surface area (Å²) in [7, 11) is 1.84. The second-order valence-electron chi connectivity index (χ2n) is 3.90. The number of nitrogens with zero attached hydrogens (tertiary/aromatic N) is 3. The molecule has 0 fully saturated rings. The summed E-state index contributed by atoms with van der Waals surface area (Å²) in [6.45, 7) is 2.12. The second kappa shape index (κ2) is 5.78. The predicted octanol–water partition coefficient (Wildman–Crippen LogP) is 3.19. The molecular weight excluding hydrogens is 248 g/mol. The van der Waals surface area contributed by atoms with E-state index >= 15 is 0 Å². The van der Waals surface area contributed by atoms with Crippen molar-refractivity contribution in [3.8, 4) is 11.5 Å². The highest BCUT2D eigenvalue weighted by Gasteiger charge is 2.10. The molecule has 0 bridgehead atoms. The largest absolute Gasteiger partial charge is 0.373 e. The number of aromatic nitrogens is 3. The molecule has 2 aromatic rings. The number of hydrogen-bond donors (Lipinski definition) is 1. The molecule has 0 radical (unpaired) electrons. The third-order valence-electron chi connectivity index (χ3n) is 2.51. The zero-order valence-electron chi connectivity index (χ0n) is 10.4. The fraction of sp³-hybridized carbons (Fsp3) is 0.308. The molecule has 0 aromatic carbocycles. The van der Waals surface area contributed by atoms with Crippen molar-refractivity contribution in [2.75, 3.05) is 12.4 Å². The molecule has 94 valence electrons. The topological polar surface area (TPSA) is 50.7 Å². The van der Waals surface area contributed by atoms with Gasteiger partial charge in [0.05, 0.1) is 5.02 Å². The average Bonchev–Trinajstić information content (AvgIpc) is 2.39. The van der Waals surface area contributed by atoms with Crippen LogP contribution in [0.25, 0.3) is 11.5 Å². The van der Waals surface area contributed by atoms with Gasteiger partial charge in [-0.25, -0.2) is 9.97 Å². The van der Waals surface area contributed by atoms with E-state index in [0.717, 1.165) is 24.4 Å². The number of anilines is 1. The normalized spacial score (nSPS) is 10.4. The first-order valence-corrected chi connectivity index (χ1v) is 6.29. The van der Waals surface area contributed by atoms with Gasteiger partial charge in [0.25, 0.3) is 0 Å². The number of nitrogens with one attached hydrogen (secondary N) is 1. The van der Waals surface area contributed by atoms with Gasteiger partial charge in [-0.05, 0) is 18.6 Å². The van der Waals surface area contributed by atoms with Crippen LogP contribution >= 0.6 is 11.6 Å². The van der Waals surface area contributed by atoms with Crippen LogP contribution in [0.2, 0.25) is 5.02 Å². The third kappa shape index (κ3) is 2.76. The van der Waals surface area contributed by atoms with Crippen molar-refractivity contribution in [3.63, 3.8) is 0 Å². The molecule has 0 aliphatic carbocycles. The molecule has 2 heterocycles. The van der Waals surface area contributed by atoms with Crippen molar-refractivity contribution in [1.82, 2.24) is 15.0 Å². The molecule has 5 heteroatoms. The lowest BCUT2D eigenvalue weighted by Crippen LogP contribution is -2.02. The molecule has 18 heavy (non-hydrogen) atoms. The Kier molecular flexibility index (Phi) is 4.10. The van der Waals surface area contributed by atoms with Gasteiger partial charge < -0.3 is 5.32 Å². The Morgan fingerprint density at radius 2 is 2.17 bits per heavy atom. The Morgan fingerprint density at radius 1 is 1.33 bits per heavy atom. The van der Waals surface area contributed by atoms with Crippen molar-refractivity contribution in [2.45, 2.75) is 19.8 Å². The molecule has 0 atom stereocenters. The van der Waals surface area contributed by atoms with E-state index in [-0.39, 0.29) is 0 Å². The van der Waals surface area contributed by atoms with Crippen molar-refractivity contribution in [2.24, 2.45) is 0 Å². The Balaban J connectivity index is 2.50. The van der Waals surface area contributed by atoms with Gasteiger partial charge >= 0.3 is 0 Å². The summed E-state index contributed by atoms with van der Waals surface area (Å²) in [4.78, 5) is 13.1. The van der Waals surface area contributed by atoms with E-state index in [4.69, 9.17) is 11.6 Å². The van der Waals surface area contributed by atoms with E-state index in [9.17, 15) is 0 Å². The highest BCUT2D eigenvalue weighted by atomic mass is 35.5. The molecule has 0 amide bonds. The van der Waals surface area contributed by atoms with Crippen LogP contribution in [0.1, 0.15) is 19.0 Å². The minimum absolute atomic E-state index is 0.563. The van der Waals surface area contributed by atoms with E-state index in [1.54, 1.807) is 18.3 Å². The molecule has 0 aliphatic heterocycles. The molecule has 4 nitrogen and oxygen atoms in total. The smallest absolute Gasteiger partial charge is 0.181 e. The van der Waals surface area contributed by atoms with Crippen LogP contribution in [0.3, 0.4) is 0 Å². The molecule has 2 aromatic heterocycles. The average molecular weight is 263 g/mol. The first-order valence-electron chi connectivity index (χ1n) is 5.91.